The van der Waals surface area contributed by atoms with Crippen LogP contribution < -0.4 is 24.5 Å². The van der Waals surface area contributed by atoms with Gasteiger partial charge in [0.1, 0.15) is 11.9 Å². The first-order valence-electron chi connectivity index (χ1n) is 11.2. The van der Waals surface area contributed by atoms with Gasteiger partial charge in [-0.3, -0.25) is 4.79 Å². The van der Waals surface area contributed by atoms with Crippen molar-refractivity contribution in [2.75, 3.05) is 21.0 Å². The first-order valence-corrected chi connectivity index (χ1v) is 11.2. The Bertz CT molecular complexity index is 1560. The molecule has 6 rings (SSSR count). The summed E-state index contributed by atoms with van der Waals surface area (Å²) in [4.78, 5) is 13.9. The van der Waals surface area contributed by atoms with Crippen LogP contribution in [0, 0.1) is 5.82 Å². The van der Waals surface area contributed by atoms with Crippen LogP contribution in [-0.4, -0.2) is 30.7 Å². The third-order valence-electron chi connectivity index (χ3n) is 6.75. The van der Waals surface area contributed by atoms with Crippen LogP contribution in [0.5, 0.6) is 23.0 Å². The molecule has 0 spiro atoms. The zero-order valence-electron chi connectivity index (χ0n) is 19.1. The molecule has 0 saturated heterocycles. The number of aromatic nitrogens is 1. The van der Waals surface area contributed by atoms with Crippen LogP contribution in [0.1, 0.15) is 22.8 Å². The van der Waals surface area contributed by atoms with Crippen molar-refractivity contribution in [1.29, 1.82) is 0 Å². The molecule has 178 valence electrons. The second kappa shape index (κ2) is 8.02. The maximum absolute atomic E-state index is 14.9. The molecule has 2 aliphatic rings. The molecule has 7 nitrogen and oxygen atoms in total. The largest absolute Gasteiger partial charge is 0.493 e. The molecule has 0 bridgehead atoms. The van der Waals surface area contributed by atoms with Crippen molar-refractivity contribution < 1.29 is 28.4 Å². The molecule has 0 fully saturated rings. The van der Waals surface area contributed by atoms with E-state index in [0.29, 0.717) is 46.9 Å². The Hall–Kier alpha value is -4.04. The summed E-state index contributed by atoms with van der Waals surface area (Å²) in [5.74, 6) is 1.32. The number of aryl methyl sites for hydroxylation is 1. The van der Waals surface area contributed by atoms with E-state index in [1.54, 1.807) is 28.8 Å². The lowest BCUT2D eigenvalue weighted by molar-refractivity contribution is 0.174. The number of aliphatic hydroxyl groups is 1. The Morgan fingerprint density at radius 2 is 1.83 bits per heavy atom. The number of benzene rings is 3. The van der Waals surface area contributed by atoms with Gasteiger partial charge in [-0.2, -0.15) is 0 Å². The SMILES string of the molecule is COc1ccc2c(C(O)c3ccccc3F)c3n(c(=O)c2c1OC)CCc1cc2c(cc1-3)OCO2. The molecule has 1 N–H and O–H groups in total. The molecule has 0 radical (unpaired) electrons. The molecule has 4 aromatic rings. The molecule has 1 aromatic heterocycles. The van der Waals surface area contributed by atoms with Crippen LogP contribution in [0.3, 0.4) is 0 Å². The summed E-state index contributed by atoms with van der Waals surface area (Å²) < 4.78 is 38.6. The Morgan fingerprint density at radius 1 is 1.06 bits per heavy atom. The zero-order chi connectivity index (χ0) is 24.3. The Kier molecular flexibility index (Phi) is 4.93. The first kappa shape index (κ1) is 21.5. The number of nitrogens with zero attached hydrogens (tertiary/aromatic N) is 1. The summed E-state index contributed by atoms with van der Waals surface area (Å²) >= 11 is 0. The molecule has 35 heavy (non-hydrogen) atoms. The van der Waals surface area contributed by atoms with Crippen molar-refractivity contribution in [2.24, 2.45) is 0 Å². The molecule has 0 amide bonds. The van der Waals surface area contributed by atoms with Crippen molar-refractivity contribution in [3.05, 3.63) is 81.4 Å². The fourth-order valence-electron chi connectivity index (χ4n) is 5.15. The normalized spacial score (nSPS) is 14.4. The van der Waals surface area contributed by atoms with Crippen LogP contribution in [0.2, 0.25) is 0 Å². The maximum Gasteiger partial charge on any atom is 0.262 e. The average Bonchev–Trinajstić information content (AvgIpc) is 3.34. The number of aliphatic hydroxyl groups excluding tert-OH is 1. The quantitative estimate of drug-likeness (QED) is 0.477. The lowest BCUT2D eigenvalue weighted by Crippen LogP contribution is -2.29. The van der Waals surface area contributed by atoms with Crippen molar-refractivity contribution in [1.82, 2.24) is 4.57 Å². The van der Waals surface area contributed by atoms with Gasteiger partial charge >= 0.3 is 0 Å². The van der Waals surface area contributed by atoms with Gasteiger partial charge in [-0.25, -0.2) is 4.39 Å². The Balaban J connectivity index is 1.76. The number of halogens is 1. The first-order chi connectivity index (χ1) is 17.0. The second-order valence-corrected chi connectivity index (χ2v) is 8.48. The summed E-state index contributed by atoms with van der Waals surface area (Å²) in [6.45, 7) is 0.485. The van der Waals surface area contributed by atoms with Gasteiger partial charge in [0.2, 0.25) is 6.79 Å². The van der Waals surface area contributed by atoms with Crippen molar-refractivity contribution in [3.63, 3.8) is 0 Å². The van der Waals surface area contributed by atoms with E-state index < -0.39 is 11.9 Å². The van der Waals surface area contributed by atoms with Gasteiger partial charge in [-0.1, -0.05) is 18.2 Å². The van der Waals surface area contributed by atoms with Gasteiger partial charge < -0.3 is 28.6 Å². The third-order valence-corrected chi connectivity index (χ3v) is 6.75. The van der Waals surface area contributed by atoms with Gasteiger partial charge in [0.15, 0.2) is 23.0 Å². The van der Waals surface area contributed by atoms with Crippen LogP contribution in [0.25, 0.3) is 22.0 Å². The summed E-state index contributed by atoms with van der Waals surface area (Å²) in [6, 6.07) is 13.2. The molecule has 8 heteroatoms. The number of fused-ring (bicyclic) bond motifs is 5. The monoisotopic (exact) mass is 475 g/mol. The molecule has 3 aromatic carbocycles. The lowest BCUT2D eigenvalue weighted by atomic mass is 9.87. The fourth-order valence-corrected chi connectivity index (χ4v) is 5.15. The number of rotatable bonds is 4. The van der Waals surface area contributed by atoms with E-state index >= 15 is 0 Å². The summed E-state index contributed by atoms with van der Waals surface area (Å²) in [6.07, 6.45) is -0.777. The van der Waals surface area contributed by atoms with Gasteiger partial charge in [0.25, 0.3) is 5.56 Å². The molecule has 0 aliphatic carbocycles. The van der Waals surface area contributed by atoms with Crippen LogP contribution >= 0.6 is 0 Å². The molecular formula is C27H22FNO6. The molecular weight excluding hydrogens is 453 g/mol. The van der Waals surface area contributed by atoms with E-state index in [0.717, 1.165) is 11.1 Å². The zero-order valence-corrected chi connectivity index (χ0v) is 19.1. The summed E-state index contributed by atoms with van der Waals surface area (Å²) in [5, 5.41) is 12.4. The molecule has 1 atom stereocenters. The van der Waals surface area contributed by atoms with Gasteiger partial charge in [0.05, 0.1) is 25.3 Å². The van der Waals surface area contributed by atoms with Gasteiger partial charge in [0, 0.05) is 23.2 Å². The molecule has 0 saturated carbocycles. The smallest absolute Gasteiger partial charge is 0.262 e. The highest BCUT2D eigenvalue weighted by Crippen LogP contribution is 2.46. The van der Waals surface area contributed by atoms with E-state index in [2.05, 4.69) is 0 Å². The van der Waals surface area contributed by atoms with E-state index in [9.17, 15) is 14.3 Å². The molecule has 3 heterocycles. The second-order valence-electron chi connectivity index (χ2n) is 8.48. The summed E-state index contributed by atoms with van der Waals surface area (Å²) in [5.41, 5.74) is 2.45. The third kappa shape index (κ3) is 3.10. The minimum atomic E-state index is -1.35. The number of hydrogen-bond donors (Lipinski definition) is 1. The fraction of sp³-hybridized carbons (Fsp3) is 0.222. The Labute approximate surface area is 199 Å². The maximum atomic E-state index is 14.9. The highest BCUT2D eigenvalue weighted by molar-refractivity contribution is 5.97. The number of methoxy groups -OCH3 is 2. The standard InChI is InChI=1S/C27H22FNO6/c1-32-19-8-7-16-22(25(30)15-5-3-4-6-18(15)28)24-17-12-21-20(34-13-35-21)11-14(17)9-10-29(24)27(31)23(16)26(19)33-2/h3-8,11-12,25,30H,9-10,13H2,1-2H3. The number of ether oxygens (including phenoxy) is 4. The lowest BCUT2D eigenvalue weighted by Gasteiger charge is -2.29. The van der Waals surface area contributed by atoms with Crippen LogP contribution in [0.4, 0.5) is 4.39 Å². The molecule has 1 unspecified atom stereocenters. The number of hydrogen-bond acceptors (Lipinski definition) is 6. The van der Waals surface area contributed by atoms with E-state index in [-0.39, 0.29) is 29.1 Å². The van der Waals surface area contributed by atoms with Crippen molar-refractivity contribution in [3.8, 4) is 34.3 Å². The predicted molar refractivity (Wildman–Crippen MR) is 127 cm³/mol. The van der Waals surface area contributed by atoms with E-state index in [4.69, 9.17) is 18.9 Å². The Morgan fingerprint density at radius 3 is 2.57 bits per heavy atom. The minimum absolute atomic E-state index is 0.109. The average molecular weight is 475 g/mol. The van der Waals surface area contributed by atoms with Gasteiger partial charge in [-0.05, 0) is 47.7 Å². The van der Waals surface area contributed by atoms with Gasteiger partial charge in [-0.15, -0.1) is 0 Å². The van der Waals surface area contributed by atoms with E-state index in [1.165, 1.54) is 26.4 Å². The van der Waals surface area contributed by atoms with Crippen molar-refractivity contribution in [2.45, 2.75) is 19.1 Å². The van der Waals surface area contributed by atoms with Crippen molar-refractivity contribution >= 4 is 10.8 Å². The van der Waals surface area contributed by atoms with Crippen LogP contribution in [0.15, 0.2) is 53.3 Å². The van der Waals surface area contributed by atoms with E-state index in [1.807, 2.05) is 12.1 Å². The predicted octanol–water partition coefficient (Wildman–Crippen LogP) is 4.19. The van der Waals surface area contributed by atoms with Crippen LogP contribution in [-0.2, 0) is 13.0 Å². The minimum Gasteiger partial charge on any atom is -0.493 e. The number of pyridine rings is 1. The molecule has 2 aliphatic heterocycles. The topological polar surface area (TPSA) is 79.2 Å². The highest BCUT2D eigenvalue weighted by Gasteiger charge is 2.32. The highest BCUT2D eigenvalue weighted by atomic mass is 19.1. The summed E-state index contributed by atoms with van der Waals surface area (Å²) in [7, 11) is 2.96.